The number of hydrogen-bond donors (Lipinski definition) is 2. The summed E-state index contributed by atoms with van der Waals surface area (Å²) in [4.78, 5) is 8.69. The van der Waals surface area contributed by atoms with Gasteiger partial charge >= 0.3 is 0 Å². The molecule has 0 amide bonds. The standard InChI is InChI=1S/C22H34N4OS/c1-23-21(24-15-17(18-7-6-14-28-18)26-11-4-5-12-26)25-19-16-8-13-27-20(16)22(19)9-2-3-10-22/h6-7,14,16-17,19-20H,2-5,8-13,15H2,1H3,(H2,23,24,25). The van der Waals surface area contributed by atoms with E-state index in [0.29, 0.717) is 29.5 Å². The van der Waals surface area contributed by atoms with E-state index in [4.69, 9.17) is 4.74 Å². The molecule has 4 unspecified atom stereocenters. The fourth-order valence-electron chi connectivity index (χ4n) is 6.38. The zero-order valence-corrected chi connectivity index (χ0v) is 17.8. The largest absolute Gasteiger partial charge is 0.377 e. The molecule has 2 N–H and O–H groups in total. The smallest absolute Gasteiger partial charge is 0.191 e. The van der Waals surface area contributed by atoms with Crippen LogP contribution >= 0.6 is 11.3 Å². The predicted molar refractivity (Wildman–Crippen MR) is 115 cm³/mol. The normalized spacial score (nSPS) is 33.0. The molecule has 5 rings (SSSR count). The van der Waals surface area contributed by atoms with Crippen molar-refractivity contribution >= 4 is 17.3 Å². The number of thiophene rings is 1. The van der Waals surface area contributed by atoms with Gasteiger partial charge in [0.2, 0.25) is 0 Å². The third kappa shape index (κ3) is 3.17. The van der Waals surface area contributed by atoms with Gasteiger partial charge in [0.1, 0.15) is 0 Å². The van der Waals surface area contributed by atoms with Crippen molar-refractivity contribution in [2.75, 3.05) is 33.3 Å². The molecule has 4 atom stereocenters. The van der Waals surface area contributed by atoms with Crippen molar-refractivity contribution in [1.29, 1.82) is 0 Å². The fourth-order valence-corrected chi connectivity index (χ4v) is 7.24. The van der Waals surface area contributed by atoms with Gasteiger partial charge in [0, 0.05) is 42.5 Å². The van der Waals surface area contributed by atoms with E-state index in [1.54, 1.807) is 0 Å². The van der Waals surface area contributed by atoms with Crippen LogP contribution < -0.4 is 10.6 Å². The average molecular weight is 403 g/mol. The van der Waals surface area contributed by atoms with Crippen LogP contribution in [0.1, 0.15) is 55.9 Å². The number of rotatable bonds is 5. The summed E-state index contributed by atoms with van der Waals surface area (Å²) in [5.74, 6) is 1.64. The van der Waals surface area contributed by atoms with E-state index in [9.17, 15) is 0 Å². The van der Waals surface area contributed by atoms with Crippen LogP contribution in [-0.4, -0.2) is 56.3 Å². The Morgan fingerprint density at radius 3 is 2.86 bits per heavy atom. The van der Waals surface area contributed by atoms with Crippen LogP contribution in [0.4, 0.5) is 0 Å². The Hall–Kier alpha value is -1.11. The Kier molecular flexibility index (Phi) is 5.37. The second-order valence-electron chi connectivity index (χ2n) is 9.03. The third-order valence-electron chi connectivity index (χ3n) is 7.72. The molecule has 3 heterocycles. The molecule has 2 saturated heterocycles. The van der Waals surface area contributed by atoms with Gasteiger partial charge in [-0.15, -0.1) is 11.3 Å². The van der Waals surface area contributed by atoms with Gasteiger partial charge in [-0.3, -0.25) is 9.89 Å². The zero-order valence-electron chi connectivity index (χ0n) is 17.0. The maximum absolute atomic E-state index is 6.14. The topological polar surface area (TPSA) is 48.9 Å². The molecule has 1 spiro atoms. The molecule has 0 bridgehead atoms. The first-order chi connectivity index (χ1) is 13.8. The van der Waals surface area contributed by atoms with Crippen LogP contribution in [0, 0.1) is 11.3 Å². The Bertz CT molecular complexity index is 679. The van der Waals surface area contributed by atoms with Crippen LogP contribution in [0.2, 0.25) is 0 Å². The molecule has 1 aromatic heterocycles. The van der Waals surface area contributed by atoms with Crippen molar-refractivity contribution in [2.45, 2.75) is 63.1 Å². The van der Waals surface area contributed by atoms with Gasteiger partial charge < -0.3 is 15.4 Å². The fraction of sp³-hybridized carbons (Fsp3) is 0.773. The number of ether oxygens (including phenoxy) is 1. The predicted octanol–water partition coefficient (Wildman–Crippen LogP) is 3.40. The molecule has 2 saturated carbocycles. The number of nitrogens with one attached hydrogen (secondary N) is 2. The summed E-state index contributed by atoms with van der Waals surface area (Å²) in [5.41, 5.74) is 0.362. The second-order valence-corrected chi connectivity index (χ2v) is 10.0. The molecule has 1 aromatic rings. The molecule has 4 aliphatic rings. The minimum Gasteiger partial charge on any atom is -0.377 e. The summed E-state index contributed by atoms with van der Waals surface area (Å²) < 4.78 is 6.14. The van der Waals surface area contributed by atoms with Crippen LogP contribution in [0.15, 0.2) is 22.5 Å². The lowest BCUT2D eigenvalue weighted by Gasteiger charge is -2.57. The maximum Gasteiger partial charge on any atom is 0.191 e. The molecule has 2 aliphatic carbocycles. The lowest BCUT2D eigenvalue weighted by molar-refractivity contribution is -0.125. The van der Waals surface area contributed by atoms with E-state index in [-0.39, 0.29) is 0 Å². The average Bonchev–Trinajstić information content (AvgIpc) is 3.49. The lowest BCUT2D eigenvalue weighted by Crippen LogP contribution is -2.69. The van der Waals surface area contributed by atoms with Gasteiger partial charge in [-0.1, -0.05) is 18.9 Å². The van der Waals surface area contributed by atoms with Gasteiger partial charge in [-0.25, -0.2) is 0 Å². The minimum atomic E-state index is 0.362. The molecule has 5 nitrogen and oxygen atoms in total. The summed E-state index contributed by atoms with van der Waals surface area (Å²) in [6.07, 6.45) is 9.67. The molecule has 2 aliphatic heterocycles. The van der Waals surface area contributed by atoms with Crippen molar-refractivity contribution in [3.05, 3.63) is 22.4 Å². The quantitative estimate of drug-likeness (QED) is 0.585. The maximum atomic E-state index is 6.14. The van der Waals surface area contributed by atoms with Crippen LogP contribution in [-0.2, 0) is 4.74 Å². The van der Waals surface area contributed by atoms with Crippen LogP contribution in [0.25, 0.3) is 0 Å². The Balaban J connectivity index is 1.25. The van der Waals surface area contributed by atoms with E-state index < -0.39 is 0 Å². The summed E-state index contributed by atoms with van der Waals surface area (Å²) in [6, 6.07) is 5.44. The van der Waals surface area contributed by atoms with E-state index in [2.05, 4.69) is 38.0 Å². The van der Waals surface area contributed by atoms with E-state index in [1.165, 1.54) is 62.9 Å². The van der Waals surface area contributed by atoms with Crippen molar-refractivity contribution in [1.82, 2.24) is 15.5 Å². The zero-order chi connectivity index (χ0) is 19.0. The molecule has 154 valence electrons. The van der Waals surface area contributed by atoms with Crippen LogP contribution in [0.3, 0.4) is 0 Å². The highest BCUT2D eigenvalue weighted by molar-refractivity contribution is 7.10. The van der Waals surface area contributed by atoms with Gasteiger partial charge in [0.25, 0.3) is 0 Å². The van der Waals surface area contributed by atoms with E-state index in [1.807, 2.05) is 18.4 Å². The number of guanidine groups is 1. The van der Waals surface area contributed by atoms with Crippen LogP contribution in [0.5, 0.6) is 0 Å². The summed E-state index contributed by atoms with van der Waals surface area (Å²) in [6.45, 7) is 4.29. The van der Waals surface area contributed by atoms with Crippen molar-refractivity contribution in [3.63, 3.8) is 0 Å². The van der Waals surface area contributed by atoms with Gasteiger partial charge in [0.15, 0.2) is 5.96 Å². The lowest BCUT2D eigenvalue weighted by atomic mass is 9.54. The highest BCUT2D eigenvalue weighted by atomic mass is 32.1. The molecule has 0 aromatic carbocycles. The van der Waals surface area contributed by atoms with Crippen molar-refractivity contribution < 1.29 is 4.74 Å². The highest BCUT2D eigenvalue weighted by Crippen LogP contribution is 2.60. The molecule has 6 heteroatoms. The van der Waals surface area contributed by atoms with E-state index >= 15 is 0 Å². The first-order valence-electron chi connectivity index (χ1n) is 11.2. The second kappa shape index (κ2) is 7.96. The first kappa shape index (κ1) is 18.9. The SMILES string of the molecule is CN=C(NCC(c1cccs1)N1CCCC1)NC1C2CCOC2C12CCCC2. The molecular formula is C22H34N4OS. The summed E-state index contributed by atoms with van der Waals surface area (Å²) >= 11 is 1.88. The van der Waals surface area contributed by atoms with E-state index in [0.717, 1.165) is 19.1 Å². The summed E-state index contributed by atoms with van der Waals surface area (Å²) in [7, 11) is 1.91. The molecular weight excluding hydrogens is 368 g/mol. The van der Waals surface area contributed by atoms with Gasteiger partial charge in [0.05, 0.1) is 12.1 Å². The molecule has 28 heavy (non-hydrogen) atoms. The van der Waals surface area contributed by atoms with Crippen molar-refractivity contribution in [3.8, 4) is 0 Å². The van der Waals surface area contributed by atoms with Gasteiger partial charge in [-0.05, 0) is 56.6 Å². The molecule has 4 fully saturated rings. The monoisotopic (exact) mass is 402 g/mol. The minimum absolute atomic E-state index is 0.362. The molecule has 0 radical (unpaired) electrons. The number of likely N-dealkylation sites (tertiary alicyclic amines) is 1. The third-order valence-corrected chi connectivity index (χ3v) is 8.69. The number of hydrogen-bond acceptors (Lipinski definition) is 4. The number of fused-ring (bicyclic) bond motifs is 2. The Labute approximate surface area is 172 Å². The van der Waals surface area contributed by atoms with Crippen molar-refractivity contribution in [2.24, 2.45) is 16.3 Å². The first-order valence-corrected chi connectivity index (χ1v) is 12.1. The number of aliphatic imine (C=N–C) groups is 1. The summed E-state index contributed by atoms with van der Waals surface area (Å²) in [5, 5.41) is 9.72. The highest BCUT2D eigenvalue weighted by Gasteiger charge is 2.65. The Morgan fingerprint density at radius 1 is 1.32 bits per heavy atom. The Morgan fingerprint density at radius 2 is 2.14 bits per heavy atom. The number of nitrogens with zero attached hydrogens (tertiary/aromatic N) is 2. The van der Waals surface area contributed by atoms with Gasteiger partial charge in [-0.2, -0.15) is 0 Å².